The normalized spacial score (nSPS) is 31.8. The van der Waals surface area contributed by atoms with Crippen molar-refractivity contribution in [3.05, 3.63) is 0 Å². The van der Waals surface area contributed by atoms with Crippen molar-refractivity contribution in [2.45, 2.75) is 37.8 Å². The van der Waals surface area contributed by atoms with Crippen LogP contribution in [-0.4, -0.2) is 50.4 Å². The van der Waals surface area contributed by atoms with E-state index in [-0.39, 0.29) is 6.10 Å². The number of thioether (sulfide) groups is 1. The van der Waals surface area contributed by atoms with Crippen molar-refractivity contribution in [3.63, 3.8) is 0 Å². The summed E-state index contributed by atoms with van der Waals surface area (Å²) in [5.74, 6) is 2.07. The van der Waals surface area contributed by atoms with Gasteiger partial charge in [-0.15, -0.1) is 0 Å². The van der Waals surface area contributed by atoms with E-state index in [0.29, 0.717) is 19.2 Å². The molecule has 1 saturated heterocycles. The molecule has 0 aromatic rings. The summed E-state index contributed by atoms with van der Waals surface area (Å²) < 4.78 is 10.4. The van der Waals surface area contributed by atoms with Gasteiger partial charge in [-0.25, -0.2) is 0 Å². The summed E-state index contributed by atoms with van der Waals surface area (Å²) in [5, 5.41) is 4.69. The molecule has 1 saturated carbocycles. The van der Waals surface area contributed by atoms with E-state index >= 15 is 0 Å². The third kappa shape index (κ3) is 3.87. The van der Waals surface area contributed by atoms with Gasteiger partial charge in [-0.1, -0.05) is 24.6 Å². The van der Waals surface area contributed by atoms with Gasteiger partial charge in [0.05, 0.1) is 19.3 Å². The monoisotopic (exact) mass is 272 g/mol. The Bertz CT molecular complexity index is 286. The third-order valence-electron chi connectivity index (χ3n) is 3.78. The zero-order valence-corrected chi connectivity index (χ0v) is 12.2. The van der Waals surface area contributed by atoms with Crippen LogP contribution in [0.4, 0.5) is 0 Å². The molecule has 1 aliphatic carbocycles. The molecule has 0 aromatic carbocycles. The maximum atomic E-state index is 5.32. The first kappa shape index (κ1) is 14.2. The Labute approximate surface area is 114 Å². The Kier molecular flexibility index (Phi) is 5.79. The summed E-state index contributed by atoms with van der Waals surface area (Å²) in [6.07, 6.45) is 5.50. The molecular weight excluding hydrogens is 248 g/mol. The van der Waals surface area contributed by atoms with Gasteiger partial charge >= 0.3 is 0 Å². The van der Waals surface area contributed by atoms with Crippen LogP contribution in [0, 0.1) is 5.92 Å². The van der Waals surface area contributed by atoms with Crippen molar-refractivity contribution < 1.29 is 9.47 Å². The van der Waals surface area contributed by atoms with Crippen molar-refractivity contribution in [1.29, 1.82) is 0 Å². The highest BCUT2D eigenvalue weighted by atomic mass is 32.2. The van der Waals surface area contributed by atoms with Crippen LogP contribution < -0.4 is 5.32 Å². The SMILES string of the molecule is COCC(CN=C1NC2CCCCC2CS1)OC. The molecule has 0 bridgehead atoms. The van der Waals surface area contributed by atoms with Crippen LogP contribution in [0.2, 0.25) is 0 Å². The van der Waals surface area contributed by atoms with E-state index in [1.807, 2.05) is 11.8 Å². The Morgan fingerprint density at radius 1 is 1.39 bits per heavy atom. The summed E-state index contributed by atoms with van der Waals surface area (Å²) in [6.45, 7) is 1.28. The van der Waals surface area contributed by atoms with E-state index in [2.05, 4.69) is 10.3 Å². The molecule has 1 aliphatic heterocycles. The lowest BCUT2D eigenvalue weighted by Gasteiger charge is -2.37. The number of nitrogens with one attached hydrogen (secondary N) is 1. The standard InChI is InChI=1S/C13H24N2O2S/c1-16-8-11(17-2)7-14-13-15-12-6-4-3-5-10(12)9-18-13/h10-12H,3-9H2,1-2H3,(H,14,15). The molecule has 2 fully saturated rings. The van der Waals surface area contributed by atoms with Crippen LogP contribution >= 0.6 is 11.8 Å². The number of aliphatic imine (C=N–C) groups is 1. The Morgan fingerprint density at radius 2 is 2.22 bits per heavy atom. The van der Waals surface area contributed by atoms with Crippen LogP contribution in [-0.2, 0) is 9.47 Å². The molecule has 1 N–H and O–H groups in total. The number of fused-ring (bicyclic) bond motifs is 1. The number of nitrogens with zero attached hydrogens (tertiary/aromatic N) is 1. The summed E-state index contributed by atoms with van der Waals surface area (Å²) >= 11 is 1.86. The van der Waals surface area contributed by atoms with Gasteiger partial charge in [-0.2, -0.15) is 0 Å². The predicted octanol–water partition coefficient (Wildman–Crippen LogP) is 1.90. The molecular formula is C13H24N2O2S. The Hall–Kier alpha value is -0.260. The first-order valence-electron chi connectivity index (χ1n) is 6.79. The number of rotatable bonds is 5. The van der Waals surface area contributed by atoms with E-state index < -0.39 is 0 Å². The molecule has 3 unspecified atom stereocenters. The maximum Gasteiger partial charge on any atom is 0.156 e. The quantitative estimate of drug-likeness (QED) is 0.830. The number of methoxy groups -OCH3 is 2. The predicted molar refractivity (Wildman–Crippen MR) is 76.3 cm³/mol. The van der Waals surface area contributed by atoms with Gasteiger partial charge in [0.15, 0.2) is 5.17 Å². The van der Waals surface area contributed by atoms with Gasteiger partial charge in [0.2, 0.25) is 0 Å². The molecule has 4 nitrogen and oxygen atoms in total. The van der Waals surface area contributed by atoms with Gasteiger partial charge in [-0.05, 0) is 18.8 Å². The van der Waals surface area contributed by atoms with Crippen molar-refractivity contribution in [3.8, 4) is 0 Å². The second kappa shape index (κ2) is 7.36. The average molecular weight is 272 g/mol. The minimum Gasteiger partial charge on any atom is -0.382 e. The zero-order valence-electron chi connectivity index (χ0n) is 11.4. The summed E-state index contributed by atoms with van der Waals surface area (Å²) in [7, 11) is 3.40. The number of hydrogen-bond acceptors (Lipinski definition) is 4. The molecule has 104 valence electrons. The first-order valence-corrected chi connectivity index (χ1v) is 7.77. The molecule has 18 heavy (non-hydrogen) atoms. The summed E-state index contributed by atoms with van der Waals surface area (Å²) in [4.78, 5) is 4.63. The van der Waals surface area contributed by atoms with Crippen molar-refractivity contribution in [1.82, 2.24) is 5.32 Å². The van der Waals surface area contributed by atoms with E-state index in [1.54, 1.807) is 14.2 Å². The second-order valence-electron chi connectivity index (χ2n) is 5.07. The van der Waals surface area contributed by atoms with Crippen molar-refractivity contribution in [2.24, 2.45) is 10.9 Å². The fourth-order valence-corrected chi connectivity index (χ4v) is 3.81. The summed E-state index contributed by atoms with van der Waals surface area (Å²) in [6, 6.07) is 0.655. The number of amidine groups is 1. The second-order valence-corrected chi connectivity index (χ2v) is 6.07. The van der Waals surface area contributed by atoms with Gasteiger partial charge in [-0.3, -0.25) is 4.99 Å². The topological polar surface area (TPSA) is 42.8 Å². The highest BCUT2D eigenvalue weighted by Gasteiger charge is 2.30. The minimum absolute atomic E-state index is 0.0639. The lowest BCUT2D eigenvalue weighted by molar-refractivity contribution is 0.0344. The Morgan fingerprint density at radius 3 is 3.00 bits per heavy atom. The smallest absolute Gasteiger partial charge is 0.156 e. The maximum absolute atomic E-state index is 5.32. The molecule has 2 aliphatic rings. The third-order valence-corrected chi connectivity index (χ3v) is 4.89. The Balaban J connectivity index is 1.82. The molecule has 0 amide bonds. The molecule has 3 atom stereocenters. The fourth-order valence-electron chi connectivity index (χ4n) is 2.64. The number of ether oxygens (including phenoxy) is 2. The van der Waals surface area contributed by atoms with Gasteiger partial charge in [0, 0.05) is 26.0 Å². The lowest BCUT2D eigenvalue weighted by atomic mass is 9.86. The molecule has 0 spiro atoms. The summed E-state index contributed by atoms with van der Waals surface area (Å²) in [5.41, 5.74) is 0. The average Bonchev–Trinajstić information content (AvgIpc) is 2.43. The van der Waals surface area contributed by atoms with E-state index in [9.17, 15) is 0 Å². The minimum atomic E-state index is 0.0639. The van der Waals surface area contributed by atoms with Gasteiger partial charge in [0.25, 0.3) is 0 Å². The van der Waals surface area contributed by atoms with Crippen LogP contribution in [0.1, 0.15) is 25.7 Å². The molecule has 2 rings (SSSR count). The van der Waals surface area contributed by atoms with Crippen LogP contribution in [0.25, 0.3) is 0 Å². The largest absolute Gasteiger partial charge is 0.382 e. The molecule has 5 heteroatoms. The van der Waals surface area contributed by atoms with Crippen molar-refractivity contribution in [2.75, 3.05) is 33.1 Å². The van der Waals surface area contributed by atoms with Gasteiger partial charge < -0.3 is 14.8 Å². The number of hydrogen-bond donors (Lipinski definition) is 1. The lowest BCUT2D eigenvalue weighted by Crippen LogP contribution is -2.46. The molecule has 1 heterocycles. The first-order chi connectivity index (χ1) is 8.83. The van der Waals surface area contributed by atoms with Crippen molar-refractivity contribution >= 4 is 16.9 Å². The highest BCUT2D eigenvalue weighted by Crippen LogP contribution is 2.31. The van der Waals surface area contributed by atoms with E-state index in [4.69, 9.17) is 9.47 Å². The van der Waals surface area contributed by atoms with E-state index in [1.165, 1.54) is 31.4 Å². The highest BCUT2D eigenvalue weighted by molar-refractivity contribution is 8.13. The zero-order chi connectivity index (χ0) is 12.8. The van der Waals surface area contributed by atoms with Gasteiger partial charge in [0.1, 0.15) is 0 Å². The fraction of sp³-hybridized carbons (Fsp3) is 0.923. The van der Waals surface area contributed by atoms with Crippen LogP contribution in [0.15, 0.2) is 4.99 Å². The van der Waals surface area contributed by atoms with Crippen LogP contribution in [0.3, 0.4) is 0 Å². The van der Waals surface area contributed by atoms with Crippen LogP contribution in [0.5, 0.6) is 0 Å². The molecule has 0 aromatic heterocycles. The van der Waals surface area contributed by atoms with E-state index in [0.717, 1.165) is 11.1 Å². The molecule has 0 radical (unpaired) electrons.